The number of rotatable bonds is 4. The second kappa shape index (κ2) is 9.27. The smallest absolute Gasteiger partial charge is 0.188 e. The van der Waals surface area contributed by atoms with Gasteiger partial charge in [0.05, 0.1) is 11.4 Å². The Morgan fingerprint density at radius 2 is 1.04 bits per heavy atom. The van der Waals surface area contributed by atoms with E-state index >= 15 is 0 Å². The van der Waals surface area contributed by atoms with Gasteiger partial charge in [0.25, 0.3) is 0 Å². The van der Waals surface area contributed by atoms with Crippen LogP contribution in [-0.2, 0) is 0 Å². The van der Waals surface area contributed by atoms with Gasteiger partial charge in [0.15, 0.2) is 10.3 Å². The first-order valence-electron chi connectivity index (χ1n) is 6.82. The van der Waals surface area contributed by atoms with E-state index in [-0.39, 0.29) is 10.3 Å². The second-order valence-corrected chi connectivity index (χ2v) is 6.48. The maximum absolute atomic E-state index is 8.14. The lowest BCUT2D eigenvalue weighted by Crippen LogP contribution is -2.47. The van der Waals surface area contributed by atoms with Crippen molar-refractivity contribution in [3.05, 3.63) is 60.7 Å². The molecule has 10 heteroatoms. The van der Waals surface area contributed by atoms with Gasteiger partial charge in [0, 0.05) is 0 Å². The molecule has 0 aliphatic rings. The summed E-state index contributed by atoms with van der Waals surface area (Å²) in [7, 11) is 2.14. The molecule has 0 spiro atoms. The Hall–Kier alpha value is -2.08. The maximum Gasteiger partial charge on any atom is 0.188 e. The molecule has 0 saturated heterocycles. The summed E-state index contributed by atoms with van der Waals surface area (Å²) in [5.74, 6) is 11.0. The summed E-state index contributed by atoms with van der Waals surface area (Å²) in [4.78, 5) is 0. The summed E-state index contributed by atoms with van der Waals surface area (Å²) in [6, 6.07) is 18.4. The molecule has 2 aromatic rings. The second-order valence-electron chi connectivity index (χ2n) is 4.38. The van der Waals surface area contributed by atoms with Gasteiger partial charge in [0.1, 0.15) is 0 Å². The van der Waals surface area contributed by atoms with Crippen LogP contribution in [0.4, 0.5) is 11.4 Å². The molecule has 0 aliphatic carbocycles. The molecule has 2 aromatic carbocycles. The van der Waals surface area contributed by atoms with Crippen LogP contribution in [0.15, 0.2) is 60.7 Å². The normalized spacial score (nSPS) is 10.2. The lowest BCUT2D eigenvalue weighted by Gasteiger charge is -2.24. The third-order valence-corrected chi connectivity index (χ3v) is 4.85. The molecule has 0 amide bonds. The van der Waals surface area contributed by atoms with Crippen molar-refractivity contribution in [1.29, 1.82) is 10.8 Å². The summed E-state index contributed by atoms with van der Waals surface area (Å²) in [5.41, 5.74) is 6.38. The number of nitrogens with two attached hydrogens (primary N) is 2. The van der Waals surface area contributed by atoms with E-state index in [2.05, 4.69) is 11.1 Å². The van der Waals surface area contributed by atoms with Crippen molar-refractivity contribution >= 4 is 43.3 Å². The number of amidine groups is 2. The summed E-state index contributed by atoms with van der Waals surface area (Å²) < 4.78 is 0. The lowest BCUT2D eigenvalue weighted by atomic mass is 10.3. The Balaban J connectivity index is 1.98. The fraction of sp³-hybridized carbons (Fsp3) is 0. The van der Waals surface area contributed by atoms with E-state index in [1.807, 2.05) is 60.7 Å². The van der Waals surface area contributed by atoms with Crippen molar-refractivity contribution in [2.75, 3.05) is 10.0 Å². The van der Waals surface area contributed by atoms with Gasteiger partial charge in [-0.2, -0.15) is 11.1 Å². The molecular formula is C14H18N8S2. The highest BCUT2D eigenvalue weighted by Crippen LogP contribution is 2.29. The molecular weight excluding hydrogens is 344 g/mol. The number of nitrogens with zero attached hydrogens (tertiary/aromatic N) is 2. The summed E-state index contributed by atoms with van der Waals surface area (Å²) >= 11 is 0. The third-order valence-electron chi connectivity index (χ3n) is 2.89. The van der Waals surface area contributed by atoms with E-state index in [9.17, 15) is 0 Å². The molecule has 0 aliphatic heterocycles. The Labute approximate surface area is 147 Å². The van der Waals surface area contributed by atoms with Crippen LogP contribution < -0.4 is 32.8 Å². The average molecular weight is 362 g/mol. The number of hydrazine groups is 4. The Morgan fingerprint density at radius 3 is 1.33 bits per heavy atom. The molecule has 24 heavy (non-hydrogen) atoms. The quantitative estimate of drug-likeness (QED) is 0.160. The minimum atomic E-state index is 0.128. The minimum absolute atomic E-state index is 0.128. The standard InChI is InChI=1S/C14H18N8S2/c15-13(21(19-17)11-7-3-1-4-8-11)23-24-14(16)22(20-18)12-9-5-2-6-10-12/h1-10,15-16,19-20H,17-18H2. The molecule has 0 fully saturated rings. The molecule has 0 unspecified atom stereocenters. The van der Waals surface area contributed by atoms with E-state index in [4.69, 9.17) is 22.5 Å². The highest BCUT2D eigenvalue weighted by molar-refractivity contribution is 8.87. The van der Waals surface area contributed by atoms with Crippen molar-refractivity contribution in [3.8, 4) is 0 Å². The average Bonchev–Trinajstić information content (AvgIpc) is 2.63. The van der Waals surface area contributed by atoms with Crippen LogP contribution in [-0.4, -0.2) is 10.3 Å². The highest BCUT2D eigenvalue weighted by atomic mass is 33.1. The first-order chi connectivity index (χ1) is 11.7. The summed E-state index contributed by atoms with van der Waals surface area (Å²) in [5, 5.41) is 19.4. The highest BCUT2D eigenvalue weighted by Gasteiger charge is 2.16. The van der Waals surface area contributed by atoms with Gasteiger partial charge in [-0.3, -0.25) is 22.5 Å². The number of benzene rings is 2. The van der Waals surface area contributed by atoms with Crippen molar-refractivity contribution < 1.29 is 0 Å². The van der Waals surface area contributed by atoms with Crippen molar-refractivity contribution in [2.24, 2.45) is 11.7 Å². The molecule has 0 bridgehead atoms. The van der Waals surface area contributed by atoms with Gasteiger partial charge in [-0.15, -0.1) is 0 Å². The van der Waals surface area contributed by atoms with Gasteiger partial charge in [-0.05, 0) is 45.9 Å². The zero-order valence-electron chi connectivity index (χ0n) is 12.6. The number of hydrogen-bond donors (Lipinski definition) is 6. The number of anilines is 2. The molecule has 8 nitrogen and oxygen atoms in total. The molecule has 0 atom stereocenters. The largest absolute Gasteiger partial charge is 0.277 e. The zero-order valence-corrected chi connectivity index (χ0v) is 14.3. The number of hydrogen-bond acceptors (Lipinski definition) is 8. The Kier molecular flexibility index (Phi) is 7.06. The molecule has 126 valence electrons. The zero-order chi connectivity index (χ0) is 17.4. The monoisotopic (exact) mass is 362 g/mol. The fourth-order valence-corrected chi connectivity index (χ4v) is 3.35. The van der Waals surface area contributed by atoms with Crippen LogP contribution >= 0.6 is 21.6 Å². The molecule has 0 saturated carbocycles. The van der Waals surface area contributed by atoms with Crippen LogP contribution in [0.1, 0.15) is 0 Å². The van der Waals surface area contributed by atoms with E-state index in [1.54, 1.807) is 0 Å². The summed E-state index contributed by atoms with van der Waals surface area (Å²) in [6.45, 7) is 0. The fourth-order valence-electron chi connectivity index (χ4n) is 1.81. The topological polar surface area (TPSA) is 130 Å². The lowest BCUT2D eigenvalue weighted by molar-refractivity contribution is 0.779. The van der Waals surface area contributed by atoms with E-state index in [1.165, 1.54) is 10.0 Å². The van der Waals surface area contributed by atoms with E-state index < -0.39 is 0 Å². The molecule has 0 heterocycles. The number of para-hydroxylation sites is 2. The van der Waals surface area contributed by atoms with Crippen LogP contribution in [0.2, 0.25) is 0 Å². The minimum Gasteiger partial charge on any atom is -0.277 e. The molecule has 0 aromatic heterocycles. The SMILES string of the molecule is N=C(SSC(=N)N(NN)c1ccccc1)N(NN)c1ccccc1. The Bertz CT molecular complexity index is 607. The van der Waals surface area contributed by atoms with Gasteiger partial charge < -0.3 is 0 Å². The Morgan fingerprint density at radius 1 is 0.708 bits per heavy atom. The van der Waals surface area contributed by atoms with Crippen LogP contribution in [0, 0.1) is 10.8 Å². The first kappa shape index (κ1) is 18.3. The van der Waals surface area contributed by atoms with Gasteiger partial charge in [-0.1, -0.05) is 36.4 Å². The van der Waals surface area contributed by atoms with E-state index in [0.29, 0.717) is 0 Å². The third kappa shape index (κ3) is 4.71. The van der Waals surface area contributed by atoms with Gasteiger partial charge in [-0.25, -0.2) is 10.0 Å². The van der Waals surface area contributed by atoms with Gasteiger partial charge >= 0.3 is 0 Å². The molecule has 2 rings (SSSR count). The molecule has 8 N–H and O–H groups in total. The van der Waals surface area contributed by atoms with Crippen LogP contribution in [0.25, 0.3) is 0 Å². The van der Waals surface area contributed by atoms with E-state index in [0.717, 1.165) is 33.0 Å². The molecule has 0 radical (unpaired) electrons. The maximum atomic E-state index is 8.14. The first-order valence-corrected chi connectivity index (χ1v) is 8.97. The van der Waals surface area contributed by atoms with Crippen molar-refractivity contribution in [3.63, 3.8) is 0 Å². The van der Waals surface area contributed by atoms with Crippen molar-refractivity contribution in [1.82, 2.24) is 11.1 Å². The van der Waals surface area contributed by atoms with Gasteiger partial charge in [0.2, 0.25) is 0 Å². The van der Waals surface area contributed by atoms with Crippen LogP contribution in [0.3, 0.4) is 0 Å². The number of nitrogens with one attached hydrogen (secondary N) is 4. The van der Waals surface area contributed by atoms with Crippen LogP contribution in [0.5, 0.6) is 0 Å². The predicted octanol–water partition coefficient (Wildman–Crippen LogP) is 2.01. The predicted molar refractivity (Wildman–Crippen MR) is 103 cm³/mol. The summed E-state index contributed by atoms with van der Waals surface area (Å²) in [6.07, 6.45) is 0. The van der Waals surface area contributed by atoms with Crippen molar-refractivity contribution in [2.45, 2.75) is 0 Å².